The Bertz CT molecular complexity index is 654. The van der Waals surface area contributed by atoms with Crippen LogP contribution in [0.15, 0.2) is 48.8 Å². The second-order valence-electron chi connectivity index (χ2n) is 4.47. The summed E-state index contributed by atoms with van der Waals surface area (Å²) in [7, 11) is -3.33. The molecule has 4 nitrogen and oxygen atoms in total. The monoisotopic (exact) mass is 276 g/mol. The van der Waals surface area contributed by atoms with Gasteiger partial charge in [0.25, 0.3) is 0 Å². The zero-order valence-corrected chi connectivity index (χ0v) is 11.8. The maximum absolute atomic E-state index is 12.0. The number of nitrogens with zero attached hydrogens (tertiary/aromatic N) is 2. The lowest BCUT2D eigenvalue weighted by atomic mass is 10.2. The molecule has 0 N–H and O–H groups in total. The second kappa shape index (κ2) is 5.40. The van der Waals surface area contributed by atoms with E-state index in [2.05, 4.69) is 4.98 Å². The Hall–Kier alpha value is -1.88. The van der Waals surface area contributed by atoms with Crippen LogP contribution < -0.4 is 4.31 Å². The summed E-state index contributed by atoms with van der Waals surface area (Å²) in [5.41, 5.74) is 2.55. The molecule has 0 radical (unpaired) electrons. The second-order valence-corrected chi connectivity index (χ2v) is 6.38. The average Bonchev–Trinajstić information content (AvgIpc) is 2.36. The fourth-order valence-corrected chi connectivity index (χ4v) is 2.72. The number of aromatic nitrogens is 1. The predicted molar refractivity (Wildman–Crippen MR) is 76.4 cm³/mol. The highest BCUT2D eigenvalue weighted by Gasteiger charge is 2.17. The van der Waals surface area contributed by atoms with Crippen molar-refractivity contribution in [1.82, 2.24) is 4.98 Å². The highest BCUT2D eigenvalue weighted by molar-refractivity contribution is 7.92. The first-order valence-electron chi connectivity index (χ1n) is 5.90. The lowest BCUT2D eigenvalue weighted by Gasteiger charge is -2.22. The molecular weight excluding hydrogens is 260 g/mol. The molecule has 19 heavy (non-hydrogen) atoms. The SMILES string of the molecule is Cc1cccc(N(Cc2cccnc2)S(C)(=O)=O)c1. The molecule has 0 bridgehead atoms. The maximum Gasteiger partial charge on any atom is 0.232 e. The van der Waals surface area contributed by atoms with Crippen molar-refractivity contribution in [2.24, 2.45) is 0 Å². The largest absolute Gasteiger partial charge is 0.266 e. The standard InChI is InChI=1S/C14H16N2O2S/c1-12-5-3-7-14(9-12)16(19(2,17)18)11-13-6-4-8-15-10-13/h3-10H,11H2,1-2H3. The summed E-state index contributed by atoms with van der Waals surface area (Å²) in [6.07, 6.45) is 4.56. The topological polar surface area (TPSA) is 50.3 Å². The summed E-state index contributed by atoms with van der Waals surface area (Å²) >= 11 is 0. The zero-order valence-electron chi connectivity index (χ0n) is 10.9. The predicted octanol–water partition coefficient (Wildman–Crippen LogP) is 2.36. The van der Waals surface area contributed by atoms with E-state index in [1.807, 2.05) is 31.2 Å². The van der Waals surface area contributed by atoms with Gasteiger partial charge in [-0.15, -0.1) is 0 Å². The van der Waals surface area contributed by atoms with Gasteiger partial charge in [0, 0.05) is 12.4 Å². The van der Waals surface area contributed by atoms with Crippen LogP contribution in [0.25, 0.3) is 0 Å². The molecule has 0 atom stereocenters. The Labute approximate surface area is 113 Å². The Kier molecular flexibility index (Phi) is 3.85. The Morgan fingerprint density at radius 3 is 2.58 bits per heavy atom. The van der Waals surface area contributed by atoms with E-state index in [1.54, 1.807) is 24.5 Å². The summed E-state index contributed by atoms with van der Waals surface area (Å²) in [5, 5.41) is 0. The first kappa shape index (κ1) is 13.5. The van der Waals surface area contributed by atoms with Gasteiger partial charge < -0.3 is 0 Å². The number of anilines is 1. The van der Waals surface area contributed by atoms with Crippen molar-refractivity contribution >= 4 is 15.7 Å². The van der Waals surface area contributed by atoms with E-state index < -0.39 is 10.0 Å². The van der Waals surface area contributed by atoms with Crippen LogP contribution in [0.4, 0.5) is 5.69 Å². The van der Waals surface area contributed by atoms with Crippen molar-refractivity contribution in [3.8, 4) is 0 Å². The molecule has 2 rings (SSSR count). The number of pyridine rings is 1. The fourth-order valence-electron chi connectivity index (χ4n) is 1.84. The molecule has 1 heterocycles. The maximum atomic E-state index is 12.0. The van der Waals surface area contributed by atoms with Crippen LogP contribution in [0.1, 0.15) is 11.1 Å². The van der Waals surface area contributed by atoms with Gasteiger partial charge in [-0.2, -0.15) is 0 Å². The third kappa shape index (κ3) is 3.54. The molecule has 0 amide bonds. The molecule has 0 saturated carbocycles. The lowest BCUT2D eigenvalue weighted by Crippen LogP contribution is -2.29. The van der Waals surface area contributed by atoms with Gasteiger partial charge in [-0.05, 0) is 36.2 Å². The quantitative estimate of drug-likeness (QED) is 0.861. The molecule has 100 valence electrons. The van der Waals surface area contributed by atoms with Crippen LogP contribution in [0.2, 0.25) is 0 Å². The minimum Gasteiger partial charge on any atom is -0.266 e. The Morgan fingerprint density at radius 2 is 2.00 bits per heavy atom. The van der Waals surface area contributed by atoms with Crippen LogP contribution in [0.5, 0.6) is 0 Å². The third-order valence-electron chi connectivity index (χ3n) is 2.74. The van der Waals surface area contributed by atoms with E-state index in [0.717, 1.165) is 11.1 Å². The van der Waals surface area contributed by atoms with Crippen molar-refractivity contribution in [3.05, 3.63) is 59.9 Å². The van der Waals surface area contributed by atoms with Crippen molar-refractivity contribution in [1.29, 1.82) is 0 Å². The molecule has 0 aliphatic heterocycles. The molecule has 0 fully saturated rings. The zero-order chi connectivity index (χ0) is 13.9. The van der Waals surface area contributed by atoms with E-state index in [9.17, 15) is 8.42 Å². The number of hydrogen-bond acceptors (Lipinski definition) is 3. The lowest BCUT2D eigenvalue weighted by molar-refractivity contribution is 0.596. The summed E-state index contributed by atoms with van der Waals surface area (Å²) in [4.78, 5) is 4.01. The Balaban J connectivity index is 2.38. The number of hydrogen-bond donors (Lipinski definition) is 0. The normalized spacial score (nSPS) is 11.3. The molecule has 1 aromatic heterocycles. The fraction of sp³-hybridized carbons (Fsp3) is 0.214. The Morgan fingerprint density at radius 1 is 1.21 bits per heavy atom. The van der Waals surface area contributed by atoms with Gasteiger partial charge in [0.05, 0.1) is 18.5 Å². The van der Waals surface area contributed by atoms with Crippen LogP contribution in [-0.4, -0.2) is 19.7 Å². The highest BCUT2D eigenvalue weighted by Crippen LogP contribution is 2.21. The van der Waals surface area contributed by atoms with E-state index in [1.165, 1.54) is 10.6 Å². The molecule has 0 saturated heterocycles. The summed E-state index contributed by atoms with van der Waals surface area (Å²) in [6.45, 7) is 2.23. The van der Waals surface area contributed by atoms with Gasteiger partial charge in [-0.3, -0.25) is 9.29 Å². The van der Waals surface area contributed by atoms with Gasteiger partial charge in [0.15, 0.2) is 0 Å². The van der Waals surface area contributed by atoms with Crippen LogP contribution in [-0.2, 0) is 16.6 Å². The molecule has 0 aliphatic rings. The smallest absolute Gasteiger partial charge is 0.232 e. The number of benzene rings is 1. The first-order chi connectivity index (χ1) is 8.97. The van der Waals surface area contributed by atoms with Crippen molar-refractivity contribution < 1.29 is 8.42 Å². The first-order valence-corrected chi connectivity index (χ1v) is 7.75. The third-order valence-corrected chi connectivity index (χ3v) is 3.88. The molecular formula is C14H16N2O2S. The molecule has 2 aromatic rings. The summed E-state index contributed by atoms with van der Waals surface area (Å²) in [5.74, 6) is 0. The van der Waals surface area contributed by atoms with E-state index in [4.69, 9.17) is 0 Å². The van der Waals surface area contributed by atoms with Crippen molar-refractivity contribution in [3.63, 3.8) is 0 Å². The molecule has 5 heteroatoms. The highest BCUT2D eigenvalue weighted by atomic mass is 32.2. The minimum atomic E-state index is -3.33. The van der Waals surface area contributed by atoms with E-state index >= 15 is 0 Å². The van der Waals surface area contributed by atoms with Gasteiger partial charge in [0.2, 0.25) is 10.0 Å². The number of aryl methyl sites for hydroxylation is 1. The van der Waals surface area contributed by atoms with Crippen LogP contribution >= 0.6 is 0 Å². The van der Waals surface area contributed by atoms with Crippen LogP contribution in [0, 0.1) is 6.92 Å². The molecule has 0 unspecified atom stereocenters. The van der Waals surface area contributed by atoms with Gasteiger partial charge in [-0.1, -0.05) is 18.2 Å². The van der Waals surface area contributed by atoms with Gasteiger partial charge in [0.1, 0.15) is 0 Å². The molecule has 0 aliphatic carbocycles. The molecule has 1 aromatic carbocycles. The molecule has 0 spiro atoms. The van der Waals surface area contributed by atoms with Gasteiger partial charge in [-0.25, -0.2) is 8.42 Å². The summed E-state index contributed by atoms with van der Waals surface area (Å²) in [6, 6.07) is 11.1. The number of rotatable bonds is 4. The summed E-state index contributed by atoms with van der Waals surface area (Å²) < 4.78 is 25.3. The van der Waals surface area contributed by atoms with Gasteiger partial charge >= 0.3 is 0 Å². The van der Waals surface area contributed by atoms with E-state index in [-0.39, 0.29) is 6.54 Å². The van der Waals surface area contributed by atoms with Crippen LogP contribution in [0.3, 0.4) is 0 Å². The number of sulfonamides is 1. The van der Waals surface area contributed by atoms with Crippen molar-refractivity contribution in [2.75, 3.05) is 10.6 Å². The minimum absolute atomic E-state index is 0.288. The average molecular weight is 276 g/mol. The van der Waals surface area contributed by atoms with Crippen molar-refractivity contribution in [2.45, 2.75) is 13.5 Å². The van der Waals surface area contributed by atoms with E-state index in [0.29, 0.717) is 5.69 Å².